The Balaban J connectivity index is 2.83. The van der Waals surface area contributed by atoms with Crippen LogP contribution < -0.4 is 21.7 Å². The third-order valence-corrected chi connectivity index (χ3v) is 10.2. The van der Waals surface area contributed by atoms with Crippen molar-refractivity contribution in [1.29, 1.82) is 0 Å². The first-order chi connectivity index (χ1) is 25.9. The van der Waals surface area contributed by atoms with E-state index in [0.717, 1.165) is 18.9 Å². The fraction of sp³-hybridized carbons (Fsp3) is 0.579. The molecule has 55 heavy (non-hydrogen) atoms. The number of rotatable bonds is 12. The highest BCUT2D eigenvalue weighted by Gasteiger charge is 2.38. The number of likely N-dealkylation sites (N-methyl/N-ethyl adjacent to an activating group) is 1. The molecule has 0 aromatic heterocycles. The number of fused-ring (bicyclic) bond motifs is 2. The van der Waals surface area contributed by atoms with E-state index in [-0.39, 0.29) is 52.0 Å². The Hall–Kier alpha value is -4.29. The van der Waals surface area contributed by atoms with E-state index in [0.29, 0.717) is 18.7 Å². The van der Waals surface area contributed by atoms with Crippen LogP contribution in [0.25, 0.3) is 0 Å². The van der Waals surface area contributed by atoms with Crippen molar-refractivity contribution >= 4 is 47.2 Å². The Bertz CT molecular complexity index is 1600. The lowest BCUT2D eigenvalue weighted by atomic mass is 9.85. The maximum absolute atomic E-state index is 14.6. The first-order valence-electron chi connectivity index (χ1n) is 17.8. The van der Waals surface area contributed by atoms with Gasteiger partial charge in [-0.1, -0.05) is 38.2 Å². The Morgan fingerprint density at radius 2 is 1.76 bits per heavy atom. The van der Waals surface area contributed by atoms with Gasteiger partial charge in [-0.05, 0) is 52.3 Å². The number of ether oxygens (including phenoxy) is 4. The van der Waals surface area contributed by atoms with E-state index in [2.05, 4.69) is 16.0 Å². The maximum Gasteiger partial charge on any atom is 0.405 e. The van der Waals surface area contributed by atoms with E-state index in [4.69, 9.17) is 24.7 Å². The number of aliphatic hydroxyl groups excluding tert-OH is 1. The van der Waals surface area contributed by atoms with Crippen LogP contribution in [0.3, 0.4) is 0 Å². The van der Waals surface area contributed by atoms with Gasteiger partial charge in [0.25, 0.3) is 5.91 Å². The number of Topliss-reactive ketones (excluding diaryl/α,β-unsaturated/α-hetero) is 2. The Morgan fingerprint density at radius 3 is 2.33 bits per heavy atom. The fourth-order valence-electron chi connectivity index (χ4n) is 6.09. The number of amides is 3. The van der Waals surface area contributed by atoms with Gasteiger partial charge in [-0.2, -0.15) is 0 Å². The van der Waals surface area contributed by atoms with Crippen LogP contribution in [0.5, 0.6) is 0 Å². The van der Waals surface area contributed by atoms with E-state index >= 15 is 0 Å². The van der Waals surface area contributed by atoms with Gasteiger partial charge in [-0.25, -0.2) is 9.59 Å². The third-order valence-electron chi connectivity index (χ3n) is 9.02. The zero-order chi connectivity index (χ0) is 41.6. The second kappa shape index (κ2) is 22.3. The highest BCUT2D eigenvalue weighted by molar-refractivity contribution is 8.04. The number of carbonyl (C=O) groups excluding carboxylic acids is 6. The van der Waals surface area contributed by atoms with Gasteiger partial charge < -0.3 is 50.6 Å². The first kappa shape index (κ1) is 46.9. The quantitative estimate of drug-likeness (QED) is 0.108. The van der Waals surface area contributed by atoms with Crippen LogP contribution in [0.15, 0.2) is 57.3 Å². The van der Waals surface area contributed by atoms with E-state index in [1.165, 1.54) is 40.2 Å². The smallest absolute Gasteiger partial charge is 0.405 e. The van der Waals surface area contributed by atoms with Crippen LogP contribution in [-0.4, -0.2) is 130 Å². The SMILES string of the molecule is COC(=O)C(CSC1=C2NC(=O)C(C)=CC=C[C@H](OC)[C@@H](OC(N)=O)C(C)=C[C@H](C)[C@@H](O)[C@@H](OC)C[C@H](C)CC(=C(NCCN(C)C)C1=O)C2=O)NC(C)=O. The first-order valence-corrected chi connectivity index (χ1v) is 18.8. The summed E-state index contributed by atoms with van der Waals surface area (Å²) in [6.07, 6.45) is 1.93. The van der Waals surface area contributed by atoms with Crippen molar-refractivity contribution in [1.82, 2.24) is 20.9 Å². The zero-order valence-electron chi connectivity index (χ0n) is 33.3. The lowest BCUT2D eigenvalue weighted by Gasteiger charge is -2.30. The van der Waals surface area contributed by atoms with Crippen LogP contribution in [0.4, 0.5) is 4.79 Å². The van der Waals surface area contributed by atoms with Crippen molar-refractivity contribution < 1.29 is 52.8 Å². The van der Waals surface area contributed by atoms with E-state index in [1.54, 1.807) is 26.0 Å². The van der Waals surface area contributed by atoms with Crippen molar-refractivity contribution in [3.63, 3.8) is 0 Å². The van der Waals surface area contributed by atoms with Crippen molar-refractivity contribution in [2.75, 3.05) is 54.3 Å². The van der Waals surface area contributed by atoms with E-state index in [1.807, 2.05) is 25.9 Å². The van der Waals surface area contributed by atoms with Gasteiger partial charge in [0.2, 0.25) is 17.5 Å². The number of carbonyl (C=O) groups is 6. The summed E-state index contributed by atoms with van der Waals surface area (Å²) < 4.78 is 21.6. The highest BCUT2D eigenvalue weighted by Crippen LogP contribution is 2.35. The molecule has 2 bridgehead atoms. The molecule has 1 heterocycles. The largest absolute Gasteiger partial charge is 0.467 e. The minimum absolute atomic E-state index is 0.0435. The molecule has 1 aliphatic carbocycles. The summed E-state index contributed by atoms with van der Waals surface area (Å²) in [5.74, 6) is -4.21. The lowest BCUT2D eigenvalue weighted by Crippen LogP contribution is -2.43. The number of esters is 1. The minimum atomic E-state index is -1.17. The van der Waals surface area contributed by atoms with Gasteiger partial charge in [-0.15, -0.1) is 11.8 Å². The van der Waals surface area contributed by atoms with Gasteiger partial charge >= 0.3 is 12.1 Å². The van der Waals surface area contributed by atoms with Gasteiger partial charge in [0.1, 0.15) is 17.8 Å². The molecule has 0 spiro atoms. The molecular weight excluding hydrogens is 735 g/mol. The predicted octanol–water partition coefficient (Wildman–Crippen LogP) is 1.65. The summed E-state index contributed by atoms with van der Waals surface area (Å²) in [4.78, 5) is 80.8. The number of ketones is 2. The number of allylic oxidation sites excluding steroid dienone is 4. The molecule has 0 aromatic carbocycles. The number of methoxy groups -OCH3 is 3. The Labute approximate surface area is 327 Å². The molecule has 1 aliphatic heterocycles. The monoisotopic (exact) mass is 791 g/mol. The molecule has 6 N–H and O–H groups in total. The number of nitrogens with one attached hydrogen (secondary N) is 3. The molecule has 7 atom stereocenters. The summed E-state index contributed by atoms with van der Waals surface area (Å²) in [5.41, 5.74) is 5.97. The molecule has 16 nitrogen and oxygen atoms in total. The average Bonchev–Trinajstić information content (AvgIpc) is 3.12. The molecule has 3 amide bonds. The van der Waals surface area contributed by atoms with E-state index in [9.17, 15) is 33.9 Å². The van der Waals surface area contributed by atoms with Crippen molar-refractivity contribution in [3.8, 4) is 0 Å². The second-order valence-corrected chi connectivity index (χ2v) is 14.9. The van der Waals surface area contributed by atoms with Crippen LogP contribution in [0.2, 0.25) is 0 Å². The molecule has 0 aromatic rings. The molecular formula is C38H57N5O11S. The zero-order valence-corrected chi connectivity index (χ0v) is 34.2. The molecule has 1 unspecified atom stereocenters. The second-order valence-electron chi connectivity index (χ2n) is 13.9. The predicted molar refractivity (Wildman–Crippen MR) is 207 cm³/mol. The van der Waals surface area contributed by atoms with Crippen LogP contribution in [-0.2, 0) is 42.9 Å². The molecule has 2 rings (SSSR count). The molecule has 0 saturated heterocycles. The van der Waals surface area contributed by atoms with Crippen molar-refractivity contribution in [2.45, 2.75) is 77.9 Å². The van der Waals surface area contributed by atoms with Crippen molar-refractivity contribution in [3.05, 3.63) is 57.3 Å². The van der Waals surface area contributed by atoms with Crippen LogP contribution in [0.1, 0.15) is 47.5 Å². The topological polar surface area (TPSA) is 225 Å². The number of hydrogen-bond donors (Lipinski definition) is 5. The number of thioether (sulfide) groups is 1. The molecule has 17 heteroatoms. The molecule has 306 valence electrons. The summed E-state index contributed by atoms with van der Waals surface area (Å²) >= 11 is 0.824. The average molecular weight is 792 g/mol. The number of nitrogens with zero attached hydrogens (tertiary/aromatic N) is 1. The standard InChI is InChI=1S/C38H57N5O11S/c1-20-16-25-29(40-14-15-43(6)7)33(47)35(55-19-26(37(49)53-10)41-24(5)44)30(32(25)46)42-36(48)21(2)12-11-13-27(51-8)34(54-38(39)50)23(4)18-22(3)31(45)28(17-20)52-9/h11-13,18,20,22,26-28,31,34,40,45H,14-17,19H2,1-10H3,(H2,39,50)(H,41,44)(H,42,48)/t20-,22+,26?,27+,28+,31-,34+/m1/s1. The van der Waals surface area contributed by atoms with Crippen molar-refractivity contribution in [2.24, 2.45) is 17.6 Å². The van der Waals surface area contributed by atoms with Gasteiger partial charge in [-0.3, -0.25) is 19.2 Å². The molecule has 0 fully saturated rings. The van der Waals surface area contributed by atoms with Gasteiger partial charge in [0.05, 0.1) is 29.9 Å². The normalized spacial score (nSPS) is 25.2. The summed E-state index contributed by atoms with van der Waals surface area (Å²) in [6.45, 7) is 8.89. The number of primary amides is 1. The lowest BCUT2D eigenvalue weighted by molar-refractivity contribution is -0.144. The summed E-state index contributed by atoms with van der Waals surface area (Å²) in [6, 6.07) is -1.17. The van der Waals surface area contributed by atoms with E-state index < -0.39 is 71.8 Å². The fourth-order valence-corrected chi connectivity index (χ4v) is 7.16. The highest BCUT2D eigenvalue weighted by atomic mass is 32.2. The number of hydrogen-bond acceptors (Lipinski definition) is 14. The Morgan fingerprint density at radius 1 is 1.09 bits per heavy atom. The van der Waals surface area contributed by atoms with Gasteiger partial charge in [0, 0.05) is 57.0 Å². The Kier molecular flexibility index (Phi) is 19.0. The van der Waals surface area contributed by atoms with Crippen LogP contribution in [0, 0.1) is 11.8 Å². The molecule has 2 aliphatic rings. The molecule has 0 radical (unpaired) electrons. The summed E-state index contributed by atoms with van der Waals surface area (Å²) in [7, 11) is 7.74. The summed E-state index contributed by atoms with van der Waals surface area (Å²) in [5, 5.41) is 19.7. The minimum Gasteiger partial charge on any atom is -0.467 e. The third kappa shape index (κ3) is 13.8. The van der Waals surface area contributed by atoms with Crippen LogP contribution >= 0.6 is 11.8 Å². The molecule has 0 saturated carbocycles. The number of aliphatic hydroxyl groups is 1. The maximum atomic E-state index is 14.6. The van der Waals surface area contributed by atoms with Gasteiger partial charge in [0.15, 0.2) is 6.10 Å². The number of nitrogens with two attached hydrogens (primary N) is 1.